The van der Waals surface area contributed by atoms with Crippen LogP contribution in [0.25, 0.3) is 5.65 Å². The van der Waals surface area contributed by atoms with E-state index >= 15 is 0 Å². The molecule has 0 spiro atoms. The molecule has 0 unspecified atom stereocenters. The van der Waals surface area contributed by atoms with Crippen molar-refractivity contribution in [3.8, 4) is 11.5 Å². The van der Waals surface area contributed by atoms with E-state index in [0.717, 1.165) is 11.3 Å². The van der Waals surface area contributed by atoms with Gasteiger partial charge in [0.25, 0.3) is 5.91 Å². The van der Waals surface area contributed by atoms with Gasteiger partial charge in [-0.05, 0) is 37.3 Å². The second kappa shape index (κ2) is 9.25. The van der Waals surface area contributed by atoms with E-state index in [1.165, 1.54) is 6.26 Å². The molecule has 2 amide bonds. The van der Waals surface area contributed by atoms with Crippen molar-refractivity contribution in [2.24, 2.45) is 0 Å². The maximum absolute atomic E-state index is 12.3. The minimum absolute atomic E-state index is 0.188. The Morgan fingerprint density at radius 2 is 2.03 bits per heavy atom. The topological polar surface area (TPSA) is 107 Å². The lowest BCUT2D eigenvalue weighted by atomic mass is 10.2. The lowest BCUT2D eigenvalue weighted by Crippen LogP contribution is -2.32. The summed E-state index contributed by atoms with van der Waals surface area (Å²) in [4.78, 5) is 28.9. The number of nitrogens with one attached hydrogen (secondary N) is 2. The number of methoxy groups -OCH3 is 1. The molecule has 3 aromatic heterocycles. The van der Waals surface area contributed by atoms with E-state index in [-0.39, 0.29) is 25.0 Å². The molecule has 0 bridgehead atoms. The fraction of sp³-hybridized carbons (Fsp3) is 0.174. The number of amides is 2. The van der Waals surface area contributed by atoms with Crippen LogP contribution in [0.15, 0.2) is 65.5 Å². The summed E-state index contributed by atoms with van der Waals surface area (Å²) in [7, 11) is 1.54. The summed E-state index contributed by atoms with van der Waals surface area (Å²) in [5, 5.41) is 5.30. The fourth-order valence-corrected chi connectivity index (χ4v) is 3.16. The van der Waals surface area contributed by atoms with Crippen molar-refractivity contribution < 1.29 is 23.5 Å². The van der Waals surface area contributed by atoms with Crippen molar-refractivity contribution in [1.82, 2.24) is 14.7 Å². The number of fused-ring (bicyclic) bond motifs is 1. The van der Waals surface area contributed by atoms with E-state index in [0.29, 0.717) is 28.5 Å². The second-order valence-electron chi connectivity index (χ2n) is 6.97. The smallest absolute Gasteiger partial charge is 0.255 e. The highest BCUT2D eigenvalue weighted by Gasteiger charge is 2.14. The molecular weight excluding hydrogens is 412 g/mol. The molecule has 2 N–H and O–H groups in total. The predicted molar refractivity (Wildman–Crippen MR) is 117 cm³/mol. The molecule has 32 heavy (non-hydrogen) atoms. The zero-order valence-corrected chi connectivity index (χ0v) is 17.6. The molecule has 0 radical (unpaired) electrons. The van der Waals surface area contributed by atoms with Gasteiger partial charge in [-0.25, -0.2) is 4.98 Å². The number of furan rings is 1. The molecule has 0 fully saturated rings. The first-order valence-electron chi connectivity index (χ1n) is 9.89. The highest BCUT2D eigenvalue weighted by atomic mass is 16.5. The molecule has 9 nitrogen and oxygen atoms in total. The van der Waals surface area contributed by atoms with Crippen LogP contribution in [0.5, 0.6) is 11.5 Å². The zero-order valence-electron chi connectivity index (χ0n) is 17.6. The number of ether oxygens (including phenoxy) is 2. The maximum Gasteiger partial charge on any atom is 0.255 e. The number of carbonyl (C=O) groups excluding carboxylic acids is 2. The third-order valence-electron chi connectivity index (χ3n) is 4.75. The molecule has 0 aliphatic heterocycles. The Bertz CT molecular complexity index is 1230. The monoisotopic (exact) mass is 434 g/mol. The summed E-state index contributed by atoms with van der Waals surface area (Å²) >= 11 is 0. The van der Waals surface area contributed by atoms with Crippen LogP contribution in [0.3, 0.4) is 0 Å². The molecule has 0 saturated carbocycles. The number of anilines is 1. The van der Waals surface area contributed by atoms with Gasteiger partial charge in [0.05, 0.1) is 31.2 Å². The number of imidazole rings is 1. The van der Waals surface area contributed by atoms with Crippen LogP contribution in [-0.4, -0.2) is 34.9 Å². The molecule has 4 rings (SSSR count). The Hall–Kier alpha value is -4.27. The van der Waals surface area contributed by atoms with Crippen LogP contribution in [-0.2, 0) is 11.4 Å². The largest absolute Gasteiger partial charge is 0.493 e. The summed E-state index contributed by atoms with van der Waals surface area (Å²) in [6.45, 7) is 1.72. The minimum Gasteiger partial charge on any atom is -0.493 e. The lowest BCUT2D eigenvalue weighted by Gasteiger charge is -2.12. The standard InChI is InChI=1S/C23H22N4O5/c1-15-18(8-10-31-15)23(29)24-12-22(28)26-16-6-7-19(30-2)20(11-16)32-14-17-13-27-9-4-3-5-21(27)25-17/h3-11,13H,12,14H2,1-2H3,(H,24,29)(H,26,28). The summed E-state index contributed by atoms with van der Waals surface area (Å²) in [5.74, 6) is 0.718. The average Bonchev–Trinajstić information content (AvgIpc) is 3.41. The summed E-state index contributed by atoms with van der Waals surface area (Å²) < 4.78 is 18.3. The Kier molecular flexibility index (Phi) is 6.07. The van der Waals surface area contributed by atoms with Gasteiger partial charge < -0.3 is 28.9 Å². The Morgan fingerprint density at radius 3 is 2.78 bits per heavy atom. The number of rotatable bonds is 8. The molecule has 3 heterocycles. The number of hydrogen-bond acceptors (Lipinski definition) is 6. The van der Waals surface area contributed by atoms with E-state index < -0.39 is 0 Å². The first-order chi connectivity index (χ1) is 15.5. The molecule has 0 saturated heterocycles. The number of carbonyl (C=O) groups is 2. The third-order valence-corrected chi connectivity index (χ3v) is 4.75. The van der Waals surface area contributed by atoms with E-state index in [1.54, 1.807) is 38.3 Å². The van der Waals surface area contributed by atoms with E-state index in [4.69, 9.17) is 13.9 Å². The number of nitrogens with zero attached hydrogens (tertiary/aromatic N) is 2. The van der Waals surface area contributed by atoms with Crippen molar-refractivity contribution in [3.05, 3.63) is 78.1 Å². The maximum atomic E-state index is 12.3. The second-order valence-corrected chi connectivity index (χ2v) is 6.97. The number of benzene rings is 1. The van der Waals surface area contributed by atoms with Gasteiger partial charge in [0.15, 0.2) is 11.5 Å². The third kappa shape index (κ3) is 4.72. The highest BCUT2D eigenvalue weighted by molar-refractivity contribution is 5.99. The number of aryl methyl sites for hydroxylation is 1. The van der Waals surface area contributed by atoms with E-state index in [1.807, 2.05) is 35.0 Å². The Balaban J connectivity index is 1.38. The van der Waals surface area contributed by atoms with Crippen LogP contribution in [0.1, 0.15) is 21.8 Å². The number of aromatic nitrogens is 2. The number of pyridine rings is 1. The van der Waals surface area contributed by atoms with Crippen LogP contribution in [0.2, 0.25) is 0 Å². The van der Waals surface area contributed by atoms with Gasteiger partial charge >= 0.3 is 0 Å². The van der Waals surface area contributed by atoms with Crippen LogP contribution < -0.4 is 20.1 Å². The van der Waals surface area contributed by atoms with Gasteiger partial charge in [-0.3, -0.25) is 9.59 Å². The molecule has 9 heteroatoms. The van der Waals surface area contributed by atoms with Crippen molar-refractivity contribution in [1.29, 1.82) is 0 Å². The fourth-order valence-electron chi connectivity index (χ4n) is 3.16. The van der Waals surface area contributed by atoms with Gasteiger partial charge in [-0.2, -0.15) is 0 Å². The molecule has 4 aromatic rings. The molecule has 1 aromatic carbocycles. The normalized spacial score (nSPS) is 10.7. The summed E-state index contributed by atoms with van der Waals surface area (Å²) in [6, 6.07) is 12.4. The molecule has 0 aliphatic rings. The van der Waals surface area contributed by atoms with E-state index in [2.05, 4.69) is 15.6 Å². The predicted octanol–water partition coefficient (Wildman–Crippen LogP) is 3.19. The van der Waals surface area contributed by atoms with Crippen molar-refractivity contribution >= 4 is 23.1 Å². The van der Waals surface area contributed by atoms with Gasteiger partial charge in [-0.15, -0.1) is 0 Å². The average molecular weight is 434 g/mol. The highest BCUT2D eigenvalue weighted by Crippen LogP contribution is 2.31. The summed E-state index contributed by atoms with van der Waals surface area (Å²) in [6.07, 6.45) is 5.22. The first-order valence-corrected chi connectivity index (χ1v) is 9.89. The van der Waals surface area contributed by atoms with Gasteiger partial charge in [-0.1, -0.05) is 6.07 Å². The number of hydrogen-bond donors (Lipinski definition) is 2. The van der Waals surface area contributed by atoms with Gasteiger partial charge in [0.2, 0.25) is 5.91 Å². The van der Waals surface area contributed by atoms with Crippen molar-refractivity contribution in [2.45, 2.75) is 13.5 Å². The SMILES string of the molecule is COc1ccc(NC(=O)CNC(=O)c2ccoc2C)cc1OCc1cn2ccccc2n1. The molecule has 164 valence electrons. The van der Waals surface area contributed by atoms with Crippen molar-refractivity contribution in [3.63, 3.8) is 0 Å². The first kappa shape index (κ1) is 21.0. The Labute approximate surface area is 184 Å². The van der Waals surface area contributed by atoms with Crippen LogP contribution >= 0.6 is 0 Å². The van der Waals surface area contributed by atoms with Gasteiger partial charge in [0.1, 0.15) is 18.0 Å². The Morgan fingerprint density at radius 1 is 1.16 bits per heavy atom. The van der Waals surface area contributed by atoms with Crippen LogP contribution in [0.4, 0.5) is 5.69 Å². The van der Waals surface area contributed by atoms with Crippen LogP contribution in [0, 0.1) is 6.92 Å². The minimum atomic E-state index is -0.379. The molecule has 0 atom stereocenters. The quantitative estimate of drug-likeness (QED) is 0.441. The lowest BCUT2D eigenvalue weighted by molar-refractivity contribution is -0.115. The van der Waals surface area contributed by atoms with Crippen molar-refractivity contribution in [2.75, 3.05) is 19.0 Å². The zero-order chi connectivity index (χ0) is 22.5. The molecular formula is C23H22N4O5. The summed E-state index contributed by atoms with van der Waals surface area (Å²) in [5.41, 5.74) is 2.48. The molecule has 0 aliphatic carbocycles. The van der Waals surface area contributed by atoms with Gasteiger partial charge in [0, 0.05) is 24.1 Å². The van der Waals surface area contributed by atoms with E-state index in [9.17, 15) is 9.59 Å².